The fourth-order valence-corrected chi connectivity index (χ4v) is 2.95. The van der Waals surface area contributed by atoms with E-state index in [0.29, 0.717) is 35.8 Å². The van der Waals surface area contributed by atoms with Crippen LogP contribution in [-0.4, -0.2) is 35.2 Å². The van der Waals surface area contributed by atoms with Crippen molar-refractivity contribution in [3.8, 4) is 11.5 Å². The lowest BCUT2D eigenvalue weighted by molar-refractivity contribution is -0.384. The van der Waals surface area contributed by atoms with Gasteiger partial charge >= 0.3 is 0 Å². The number of nitrogens with zero attached hydrogens (tertiary/aromatic N) is 3. The van der Waals surface area contributed by atoms with Gasteiger partial charge < -0.3 is 9.47 Å². The zero-order chi connectivity index (χ0) is 20.4. The van der Waals surface area contributed by atoms with Crippen molar-refractivity contribution in [3.05, 3.63) is 68.9 Å². The number of carbonyl (C=O) groups excluding carboxylic acids is 1. The van der Waals surface area contributed by atoms with E-state index < -0.39 is 10.8 Å². The van der Waals surface area contributed by atoms with Gasteiger partial charge in [-0.3, -0.25) is 14.9 Å². The normalized spacial score (nSPS) is 12.9. The molecule has 0 fully saturated rings. The van der Waals surface area contributed by atoms with Gasteiger partial charge in [0.15, 0.2) is 11.5 Å². The Labute approximate surface area is 169 Å². The maximum atomic E-state index is 12.1. The molecule has 4 rings (SSSR count). The third-order valence-electron chi connectivity index (χ3n) is 4.17. The maximum absolute atomic E-state index is 12.1. The SMILES string of the molecule is O=C(N/N=C/c1cc2cc3c(cc2nc1Cl)OCCO3)c1ccc([N+](=O)[O-])cc1. The Morgan fingerprint density at radius 2 is 1.86 bits per heavy atom. The number of benzene rings is 2. The maximum Gasteiger partial charge on any atom is 0.271 e. The molecular formula is C19H13ClN4O5. The highest BCUT2D eigenvalue weighted by Gasteiger charge is 2.14. The molecule has 9 nitrogen and oxygen atoms in total. The third kappa shape index (κ3) is 3.94. The second-order valence-corrected chi connectivity index (χ2v) is 6.42. The van der Waals surface area contributed by atoms with Crippen molar-refractivity contribution in [2.45, 2.75) is 0 Å². The summed E-state index contributed by atoms with van der Waals surface area (Å²) in [6, 6.07) is 10.5. The molecule has 3 aromatic rings. The van der Waals surface area contributed by atoms with Crippen LogP contribution in [0.2, 0.25) is 5.15 Å². The molecule has 1 aliphatic rings. The molecule has 0 atom stereocenters. The predicted octanol–water partition coefficient (Wildman–Crippen LogP) is 3.33. The molecule has 2 heterocycles. The summed E-state index contributed by atoms with van der Waals surface area (Å²) in [6.45, 7) is 0.952. The zero-order valence-corrected chi connectivity index (χ0v) is 15.5. The summed E-state index contributed by atoms with van der Waals surface area (Å²) in [4.78, 5) is 26.6. The Morgan fingerprint density at radius 1 is 1.17 bits per heavy atom. The van der Waals surface area contributed by atoms with Gasteiger partial charge in [0, 0.05) is 34.7 Å². The van der Waals surface area contributed by atoms with E-state index in [2.05, 4.69) is 15.5 Å². The van der Waals surface area contributed by atoms with Gasteiger partial charge in [-0.15, -0.1) is 0 Å². The van der Waals surface area contributed by atoms with Crippen molar-refractivity contribution in [1.29, 1.82) is 0 Å². The predicted molar refractivity (Wildman–Crippen MR) is 106 cm³/mol. The smallest absolute Gasteiger partial charge is 0.271 e. The lowest BCUT2D eigenvalue weighted by Crippen LogP contribution is -2.17. The number of nitro groups is 1. The number of nitro benzene ring substituents is 1. The van der Waals surface area contributed by atoms with Gasteiger partial charge in [-0.2, -0.15) is 5.10 Å². The second kappa shape index (κ2) is 7.72. The lowest BCUT2D eigenvalue weighted by atomic mass is 10.1. The summed E-state index contributed by atoms with van der Waals surface area (Å²) >= 11 is 6.21. The van der Waals surface area contributed by atoms with E-state index in [4.69, 9.17) is 21.1 Å². The molecule has 0 spiro atoms. The zero-order valence-electron chi connectivity index (χ0n) is 14.8. The molecule has 2 aromatic carbocycles. The molecule has 10 heteroatoms. The fraction of sp³-hybridized carbons (Fsp3) is 0.105. The van der Waals surface area contributed by atoms with E-state index in [-0.39, 0.29) is 16.4 Å². The lowest BCUT2D eigenvalue weighted by Gasteiger charge is -2.18. The van der Waals surface area contributed by atoms with E-state index in [1.807, 2.05) is 0 Å². The molecule has 146 valence electrons. The molecule has 1 aromatic heterocycles. The van der Waals surface area contributed by atoms with E-state index in [1.54, 1.807) is 18.2 Å². The summed E-state index contributed by atoms with van der Waals surface area (Å²) in [6.07, 6.45) is 1.37. The minimum absolute atomic E-state index is 0.101. The Balaban J connectivity index is 1.52. The summed E-state index contributed by atoms with van der Waals surface area (Å²) in [5.74, 6) is 0.729. The average molecular weight is 413 g/mol. The highest BCUT2D eigenvalue weighted by molar-refractivity contribution is 6.32. The number of rotatable bonds is 4. The monoisotopic (exact) mass is 412 g/mol. The van der Waals surface area contributed by atoms with Gasteiger partial charge in [0.05, 0.1) is 16.7 Å². The number of hydrogen-bond acceptors (Lipinski definition) is 7. The minimum atomic E-state index is -0.539. The number of fused-ring (bicyclic) bond motifs is 2. The van der Waals surface area contributed by atoms with Gasteiger partial charge in [0.25, 0.3) is 11.6 Å². The van der Waals surface area contributed by atoms with Crippen molar-refractivity contribution >= 4 is 40.3 Å². The van der Waals surface area contributed by atoms with Crippen LogP contribution in [0.3, 0.4) is 0 Å². The van der Waals surface area contributed by atoms with Crippen LogP contribution in [0.5, 0.6) is 11.5 Å². The summed E-state index contributed by atoms with van der Waals surface area (Å²) in [5, 5.41) is 15.5. The van der Waals surface area contributed by atoms with Gasteiger partial charge in [-0.1, -0.05) is 11.6 Å². The molecule has 1 N–H and O–H groups in total. The summed E-state index contributed by atoms with van der Waals surface area (Å²) < 4.78 is 11.1. The standard InChI is InChI=1S/C19H13ClN4O5/c20-18-13(7-12-8-16-17(9-15(12)22-18)29-6-5-28-16)10-21-23-19(25)11-1-3-14(4-2-11)24(26)27/h1-4,7-10H,5-6H2,(H,23,25)/b21-10+. The van der Waals surface area contributed by atoms with Crippen LogP contribution in [-0.2, 0) is 0 Å². The van der Waals surface area contributed by atoms with Gasteiger partial charge in [-0.05, 0) is 24.3 Å². The Morgan fingerprint density at radius 3 is 2.55 bits per heavy atom. The van der Waals surface area contributed by atoms with E-state index in [0.717, 1.165) is 5.39 Å². The number of aromatic nitrogens is 1. The van der Waals surface area contributed by atoms with Crippen LogP contribution in [0.4, 0.5) is 5.69 Å². The van der Waals surface area contributed by atoms with E-state index >= 15 is 0 Å². The van der Waals surface area contributed by atoms with Gasteiger partial charge in [0.1, 0.15) is 18.4 Å². The topological polar surface area (TPSA) is 116 Å². The first-order valence-electron chi connectivity index (χ1n) is 8.49. The number of amides is 1. The number of halogens is 1. The molecule has 0 saturated heterocycles. The third-order valence-corrected chi connectivity index (χ3v) is 4.47. The first kappa shape index (κ1) is 18.6. The van der Waals surface area contributed by atoms with Crippen molar-refractivity contribution in [1.82, 2.24) is 10.4 Å². The molecule has 0 bridgehead atoms. The molecule has 1 amide bonds. The fourth-order valence-electron chi connectivity index (χ4n) is 2.75. The van der Waals surface area contributed by atoms with Crippen LogP contribution in [0.15, 0.2) is 47.6 Å². The molecular weight excluding hydrogens is 400 g/mol. The van der Waals surface area contributed by atoms with Gasteiger partial charge in [-0.25, -0.2) is 10.4 Å². The largest absolute Gasteiger partial charge is 0.486 e. The number of hydrazone groups is 1. The number of pyridine rings is 1. The van der Waals surface area contributed by atoms with Crippen molar-refractivity contribution in [2.75, 3.05) is 13.2 Å². The number of hydrogen-bond donors (Lipinski definition) is 1. The minimum Gasteiger partial charge on any atom is -0.486 e. The summed E-state index contributed by atoms with van der Waals surface area (Å²) in [7, 11) is 0. The van der Waals surface area contributed by atoms with E-state index in [1.165, 1.54) is 30.5 Å². The Kier molecular flexibility index (Phi) is 4.96. The van der Waals surface area contributed by atoms with Crippen LogP contribution in [0.1, 0.15) is 15.9 Å². The number of nitrogens with one attached hydrogen (secondary N) is 1. The molecule has 0 aliphatic carbocycles. The molecule has 0 unspecified atom stereocenters. The van der Waals surface area contributed by atoms with Crippen LogP contribution in [0.25, 0.3) is 10.9 Å². The Hall–Kier alpha value is -3.72. The number of non-ortho nitro benzene ring substituents is 1. The number of carbonyl (C=O) groups is 1. The molecule has 29 heavy (non-hydrogen) atoms. The second-order valence-electron chi connectivity index (χ2n) is 6.06. The van der Waals surface area contributed by atoms with E-state index in [9.17, 15) is 14.9 Å². The van der Waals surface area contributed by atoms with Crippen molar-refractivity contribution in [3.63, 3.8) is 0 Å². The van der Waals surface area contributed by atoms with Crippen LogP contribution >= 0.6 is 11.6 Å². The average Bonchev–Trinajstić information content (AvgIpc) is 2.72. The molecule has 1 aliphatic heterocycles. The quantitative estimate of drug-likeness (QED) is 0.304. The highest BCUT2D eigenvalue weighted by atomic mass is 35.5. The van der Waals surface area contributed by atoms with Crippen LogP contribution in [0, 0.1) is 10.1 Å². The first-order valence-corrected chi connectivity index (χ1v) is 8.87. The molecule has 0 radical (unpaired) electrons. The Bertz CT molecular complexity index is 1150. The number of ether oxygens (including phenoxy) is 2. The van der Waals surface area contributed by atoms with Crippen molar-refractivity contribution in [2.24, 2.45) is 5.10 Å². The van der Waals surface area contributed by atoms with Crippen LogP contribution < -0.4 is 14.9 Å². The summed E-state index contributed by atoms with van der Waals surface area (Å²) in [5.41, 5.74) is 3.63. The molecule has 0 saturated carbocycles. The van der Waals surface area contributed by atoms with Crippen molar-refractivity contribution < 1.29 is 19.2 Å². The first-order chi connectivity index (χ1) is 14.0. The van der Waals surface area contributed by atoms with Gasteiger partial charge in [0.2, 0.25) is 0 Å². The highest BCUT2D eigenvalue weighted by Crippen LogP contribution is 2.34.